The third-order valence-corrected chi connectivity index (χ3v) is 9.04. The Bertz CT molecular complexity index is 1150. The highest BCUT2D eigenvalue weighted by Crippen LogP contribution is 2.49. The Hall–Kier alpha value is -3.02. The lowest BCUT2D eigenvalue weighted by atomic mass is 9.68. The van der Waals surface area contributed by atoms with Gasteiger partial charge in [0.2, 0.25) is 17.7 Å². The number of nitrogens with zero attached hydrogens (tertiary/aromatic N) is 3. The maximum atomic E-state index is 14.1. The van der Waals surface area contributed by atoms with Gasteiger partial charge >= 0.3 is 0 Å². The molecule has 4 bridgehead atoms. The monoisotopic (exact) mass is 471 g/mol. The van der Waals surface area contributed by atoms with Crippen molar-refractivity contribution in [3.05, 3.63) is 65.5 Å². The van der Waals surface area contributed by atoms with Crippen LogP contribution >= 0.6 is 0 Å². The maximum absolute atomic E-state index is 14.1. The summed E-state index contributed by atoms with van der Waals surface area (Å²) in [5.41, 5.74) is 1.47. The van der Waals surface area contributed by atoms with Crippen molar-refractivity contribution < 1.29 is 14.4 Å². The van der Waals surface area contributed by atoms with Gasteiger partial charge in [-0.05, 0) is 85.6 Å². The molecule has 6 nitrogen and oxygen atoms in total. The molecule has 3 aliphatic heterocycles. The van der Waals surface area contributed by atoms with E-state index in [1.54, 1.807) is 12.4 Å². The first-order valence-corrected chi connectivity index (χ1v) is 13.0. The van der Waals surface area contributed by atoms with E-state index in [0.29, 0.717) is 5.92 Å². The Kier molecular flexibility index (Phi) is 5.50. The van der Waals surface area contributed by atoms with E-state index >= 15 is 0 Å². The van der Waals surface area contributed by atoms with Crippen molar-refractivity contribution >= 4 is 17.7 Å². The molecule has 5 aliphatic rings. The van der Waals surface area contributed by atoms with E-state index in [-0.39, 0.29) is 43.1 Å². The molecule has 1 aromatic heterocycles. The molecule has 0 N–H and O–H groups in total. The van der Waals surface area contributed by atoms with E-state index in [4.69, 9.17) is 0 Å². The summed E-state index contributed by atoms with van der Waals surface area (Å²) < 4.78 is 0. The molecule has 0 spiro atoms. The number of amides is 3. The van der Waals surface area contributed by atoms with Crippen LogP contribution in [-0.4, -0.2) is 45.1 Å². The zero-order valence-electron chi connectivity index (χ0n) is 20.4. The Balaban J connectivity index is 1.33. The van der Waals surface area contributed by atoms with Crippen LogP contribution in [0.5, 0.6) is 0 Å². The summed E-state index contributed by atoms with van der Waals surface area (Å²) in [4.78, 5) is 48.9. The first-order valence-electron chi connectivity index (χ1n) is 13.0. The van der Waals surface area contributed by atoms with E-state index in [1.807, 2.05) is 43.3 Å². The molecule has 3 atom stereocenters. The molecule has 0 radical (unpaired) electrons. The van der Waals surface area contributed by atoms with Gasteiger partial charge < -0.3 is 4.90 Å². The molecule has 6 heteroatoms. The number of carbonyl (C=O) groups excluding carboxylic acids is 3. The largest absolute Gasteiger partial charge is 0.339 e. The number of aryl methyl sites for hydroxylation is 1. The van der Waals surface area contributed by atoms with E-state index in [0.717, 1.165) is 47.9 Å². The number of aromatic nitrogens is 1. The molecule has 2 saturated carbocycles. The van der Waals surface area contributed by atoms with Crippen LogP contribution in [0.4, 0.5) is 0 Å². The molecule has 2 aliphatic carbocycles. The Morgan fingerprint density at radius 3 is 2.37 bits per heavy atom. The second-order valence-corrected chi connectivity index (χ2v) is 11.4. The zero-order valence-corrected chi connectivity index (χ0v) is 20.4. The first-order chi connectivity index (χ1) is 16.9. The SMILES string of the molecule is Cc1ccccc1[C@]1(CC(=O)N2CC3C[C@H]4CC2C[C@H](C3)C4)CC(=O)N(Cc2ccncc2)C1=O. The quantitative estimate of drug-likeness (QED) is 0.618. The average Bonchev–Trinajstić information content (AvgIpc) is 2.94. The molecule has 182 valence electrons. The van der Waals surface area contributed by atoms with Crippen LogP contribution in [0, 0.1) is 24.7 Å². The van der Waals surface area contributed by atoms with Gasteiger partial charge in [0.25, 0.3) is 0 Å². The number of hydrogen-bond donors (Lipinski definition) is 0. The number of pyridine rings is 1. The van der Waals surface area contributed by atoms with Gasteiger partial charge in [0.15, 0.2) is 0 Å². The van der Waals surface area contributed by atoms with Gasteiger partial charge in [0.05, 0.1) is 12.0 Å². The zero-order chi connectivity index (χ0) is 24.2. The maximum Gasteiger partial charge on any atom is 0.241 e. The van der Waals surface area contributed by atoms with Crippen molar-refractivity contribution in [2.75, 3.05) is 6.54 Å². The van der Waals surface area contributed by atoms with Gasteiger partial charge in [-0.15, -0.1) is 0 Å². The van der Waals surface area contributed by atoms with Gasteiger partial charge in [-0.2, -0.15) is 0 Å². The summed E-state index contributed by atoms with van der Waals surface area (Å²) >= 11 is 0. The summed E-state index contributed by atoms with van der Waals surface area (Å²) in [6.07, 6.45) is 9.41. The van der Waals surface area contributed by atoms with Crippen LogP contribution in [0.2, 0.25) is 0 Å². The Morgan fingerprint density at radius 1 is 0.971 bits per heavy atom. The molecule has 3 saturated heterocycles. The summed E-state index contributed by atoms with van der Waals surface area (Å²) in [7, 11) is 0. The summed E-state index contributed by atoms with van der Waals surface area (Å²) in [6, 6.07) is 11.7. The van der Waals surface area contributed by atoms with Crippen LogP contribution in [0.1, 0.15) is 61.6 Å². The van der Waals surface area contributed by atoms with Gasteiger partial charge in [0.1, 0.15) is 0 Å². The highest BCUT2D eigenvalue weighted by atomic mass is 16.2. The van der Waals surface area contributed by atoms with E-state index in [2.05, 4.69) is 9.88 Å². The molecule has 7 rings (SSSR count). The van der Waals surface area contributed by atoms with Crippen molar-refractivity contribution in [1.82, 2.24) is 14.8 Å². The molecule has 4 heterocycles. The summed E-state index contributed by atoms with van der Waals surface area (Å²) in [6.45, 7) is 2.99. The highest BCUT2D eigenvalue weighted by Gasteiger charge is 2.55. The van der Waals surface area contributed by atoms with Crippen molar-refractivity contribution in [3.63, 3.8) is 0 Å². The first kappa shape index (κ1) is 22.4. The number of likely N-dealkylation sites (tertiary alicyclic amines) is 1. The third kappa shape index (κ3) is 3.87. The lowest BCUT2D eigenvalue weighted by Gasteiger charge is -2.39. The fourth-order valence-corrected chi connectivity index (χ4v) is 7.63. The molecule has 3 amide bonds. The lowest BCUT2D eigenvalue weighted by Crippen LogP contribution is -2.47. The number of fused-ring (bicyclic) bond motifs is 1. The Labute approximate surface area is 206 Å². The fourth-order valence-electron chi connectivity index (χ4n) is 7.63. The number of rotatable bonds is 5. The van der Waals surface area contributed by atoms with Crippen LogP contribution in [0.3, 0.4) is 0 Å². The van der Waals surface area contributed by atoms with E-state index in [1.165, 1.54) is 24.2 Å². The third-order valence-electron chi connectivity index (χ3n) is 9.04. The molecular weight excluding hydrogens is 438 g/mol. The average molecular weight is 472 g/mol. The summed E-state index contributed by atoms with van der Waals surface area (Å²) in [5, 5.41) is 0. The molecule has 35 heavy (non-hydrogen) atoms. The predicted molar refractivity (Wildman–Crippen MR) is 131 cm³/mol. The topological polar surface area (TPSA) is 70.6 Å². The lowest BCUT2D eigenvalue weighted by molar-refractivity contribution is -0.144. The number of benzene rings is 1. The van der Waals surface area contributed by atoms with Gasteiger partial charge in [-0.25, -0.2) is 0 Å². The molecule has 5 fully saturated rings. The number of carbonyl (C=O) groups is 3. The highest BCUT2D eigenvalue weighted by molar-refractivity contribution is 6.10. The van der Waals surface area contributed by atoms with Crippen molar-refractivity contribution in [3.8, 4) is 0 Å². The van der Waals surface area contributed by atoms with Gasteiger partial charge in [-0.3, -0.25) is 24.3 Å². The van der Waals surface area contributed by atoms with Gasteiger partial charge in [0, 0.05) is 37.8 Å². The molecule has 2 aromatic rings. The van der Waals surface area contributed by atoms with Crippen molar-refractivity contribution in [1.29, 1.82) is 0 Å². The van der Waals surface area contributed by atoms with E-state index < -0.39 is 5.41 Å². The van der Waals surface area contributed by atoms with Crippen LogP contribution < -0.4 is 0 Å². The smallest absolute Gasteiger partial charge is 0.241 e. The standard InChI is InChI=1S/C29H33N3O3/c1-19-4-2-3-5-25(19)29(16-27(34)32(28(29)35)17-20-6-8-30-9-7-20)15-26(33)31-18-23-11-21-10-22(12-23)14-24(31)13-21/h2-9,21-24H,10-18H2,1H3/t21-,22-,23?,24?,29-/m0/s1. The molecular formula is C29H33N3O3. The minimum atomic E-state index is -1.14. The number of imide groups is 1. The normalized spacial score (nSPS) is 31.8. The molecule has 0 unspecified atom stereocenters. The minimum absolute atomic E-state index is 0.0402. The fraction of sp³-hybridized carbons (Fsp3) is 0.517. The van der Waals surface area contributed by atoms with Crippen LogP contribution in [0.25, 0.3) is 0 Å². The van der Waals surface area contributed by atoms with Crippen LogP contribution in [-0.2, 0) is 26.3 Å². The van der Waals surface area contributed by atoms with Crippen molar-refractivity contribution in [2.24, 2.45) is 17.8 Å². The second-order valence-electron chi connectivity index (χ2n) is 11.4. The molecule has 1 aromatic carbocycles. The Morgan fingerprint density at radius 2 is 1.66 bits per heavy atom. The number of hydrogen-bond acceptors (Lipinski definition) is 4. The van der Waals surface area contributed by atoms with E-state index in [9.17, 15) is 14.4 Å². The van der Waals surface area contributed by atoms with Crippen molar-refractivity contribution in [2.45, 2.75) is 69.9 Å². The second kappa shape index (κ2) is 8.58. The predicted octanol–water partition coefficient (Wildman–Crippen LogP) is 4.01. The minimum Gasteiger partial charge on any atom is -0.339 e. The van der Waals surface area contributed by atoms with Gasteiger partial charge in [-0.1, -0.05) is 24.3 Å². The summed E-state index contributed by atoms with van der Waals surface area (Å²) in [5.74, 6) is 1.64. The van der Waals surface area contributed by atoms with Crippen LogP contribution in [0.15, 0.2) is 48.8 Å².